The van der Waals surface area contributed by atoms with Gasteiger partial charge in [-0.2, -0.15) is 0 Å². The predicted molar refractivity (Wildman–Crippen MR) is 67.3 cm³/mol. The fraction of sp³-hybridized carbons (Fsp3) is 0.909. The third-order valence-corrected chi connectivity index (χ3v) is 4.65. The van der Waals surface area contributed by atoms with Crippen molar-refractivity contribution in [2.45, 2.75) is 37.3 Å². The van der Waals surface area contributed by atoms with E-state index in [0.717, 1.165) is 39.1 Å². The van der Waals surface area contributed by atoms with E-state index in [1.165, 1.54) is 0 Å². The standard InChI is InChI=1S/C11H22N2O2S/c1-3-9(11(12)14)16-10(4-2)13-5-7-15-8-6-13/h9-10H,3-8H2,1-2H3,(H2,12,14). The van der Waals surface area contributed by atoms with Gasteiger partial charge in [-0.25, -0.2) is 0 Å². The maximum Gasteiger partial charge on any atom is 0.230 e. The number of amides is 1. The fourth-order valence-corrected chi connectivity index (χ4v) is 3.14. The lowest BCUT2D eigenvalue weighted by Gasteiger charge is -2.34. The Bertz CT molecular complexity index is 220. The lowest BCUT2D eigenvalue weighted by atomic mass is 10.3. The number of morpholine rings is 1. The molecule has 1 aliphatic heterocycles. The Labute approximate surface area is 102 Å². The third kappa shape index (κ3) is 3.96. The zero-order valence-corrected chi connectivity index (χ0v) is 11.0. The summed E-state index contributed by atoms with van der Waals surface area (Å²) in [4.78, 5) is 13.6. The number of hydrogen-bond donors (Lipinski definition) is 1. The molecule has 1 saturated heterocycles. The molecule has 2 N–H and O–H groups in total. The zero-order valence-electron chi connectivity index (χ0n) is 10.1. The van der Waals surface area contributed by atoms with Crippen LogP contribution in [0.2, 0.25) is 0 Å². The van der Waals surface area contributed by atoms with Gasteiger partial charge in [0.2, 0.25) is 5.91 Å². The van der Waals surface area contributed by atoms with E-state index in [-0.39, 0.29) is 11.2 Å². The molecule has 0 spiro atoms. The van der Waals surface area contributed by atoms with Crippen LogP contribution in [0.25, 0.3) is 0 Å². The topological polar surface area (TPSA) is 55.6 Å². The van der Waals surface area contributed by atoms with Crippen LogP contribution in [0.4, 0.5) is 0 Å². The molecule has 0 aromatic carbocycles. The van der Waals surface area contributed by atoms with Gasteiger partial charge in [0.25, 0.3) is 0 Å². The SMILES string of the molecule is CCC(SC(CC)N1CCOCC1)C(N)=O. The summed E-state index contributed by atoms with van der Waals surface area (Å²) in [6.45, 7) is 7.67. The first-order valence-electron chi connectivity index (χ1n) is 5.95. The minimum absolute atomic E-state index is 0.0622. The number of nitrogens with zero attached hydrogens (tertiary/aromatic N) is 1. The molecular weight excluding hydrogens is 224 g/mol. The Kier molecular flexibility index (Phi) is 6.16. The molecule has 2 unspecified atom stereocenters. The van der Waals surface area contributed by atoms with Gasteiger partial charge in [0.05, 0.1) is 23.8 Å². The molecular formula is C11H22N2O2S. The minimum Gasteiger partial charge on any atom is -0.379 e. The van der Waals surface area contributed by atoms with Crippen LogP contribution in [0.3, 0.4) is 0 Å². The number of hydrogen-bond acceptors (Lipinski definition) is 4. The van der Waals surface area contributed by atoms with Crippen molar-refractivity contribution in [3.05, 3.63) is 0 Å². The van der Waals surface area contributed by atoms with E-state index in [2.05, 4.69) is 11.8 Å². The molecule has 94 valence electrons. The van der Waals surface area contributed by atoms with Gasteiger partial charge >= 0.3 is 0 Å². The van der Waals surface area contributed by atoms with Crippen molar-refractivity contribution < 1.29 is 9.53 Å². The monoisotopic (exact) mass is 246 g/mol. The van der Waals surface area contributed by atoms with Crippen molar-refractivity contribution in [2.24, 2.45) is 5.73 Å². The van der Waals surface area contributed by atoms with Gasteiger partial charge in [-0.1, -0.05) is 13.8 Å². The molecule has 0 aromatic rings. The van der Waals surface area contributed by atoms with E-state index in [9.17, 15) is 4.79 Å². The highest BCUT2D eigenvalue weighted by atomic mass is 32.2. The van der Waals surface area contributed by atoms with E-state index in [1.807, 2.05) is 6.92 Å². The summed E-state index contributed by atoms with van der Waals surface area (Å²) < 4.78 is 5.33. The molecule has 16 heavy (non-hydrogen) atoms. The first-order chi connectivity index (χ1) is 7.69. The Morgan fingerprint density at radius 3 is 2.44 bits per heavy atom. The predicted octanol–water partition coefficient (Wildman–Crippen LogP) is 1.05. The van der Waals surface area contributed by atoms with E-state index in [1.54, 1.807) is 11.8 Å². The Balaban J connectivity index is 2.48. The number of ether oxygens (including phenoxy) is 1. The highest BCUT2D eigenvalue weighted by Gasteiger charge is 2.25. The van der Waals surface area contributed by atoms with Crippen molar-refractivity contribution in [3.8, 4) is 0 Å². The normalized spacial score (nSPS) is 21.6. The molecule has 1 rings (SSSR count). The van der Waals surface area contributed by atoms with Crippen molar-refractivity contribution in [1.82, 2.24) is 4.90 Å². The fourth-order valence-electron chi connectivity index (χ4n) is 1.86. The van der Waals surface area contributed by atoms with Crippen molar-refractivity contribution in [2.75, 3.05) is 26.3 Å². The van der Waals surface area contributed by atoms with Gasteiger partial charge < -0.3 is 10.5 Å². The lowest BCUT2D eigenvalue weighted by Crippen LogP contribution is -2.43. The second-order valence-electron chi connectivity index (χ2n) is 3.95. The molecule has 2 atom stereocenters. The second-order valence-corrected chi connectivity index (χ2v) is 5.33. The Morgan fingerprint density at radius 2 is 2.00 bits per heavy atom. The first kappa shape index (κ1) is 13.8. The average molecular weight is 246 g/mol. The van der Waals surface area contributed by atoms with Gasteiger partial charge in [0.15, 0.2) is 0 Å². The van der Waals surface area contributed by atoms with Crippen LogP contribution in [0.15, 0.2) is 0 Å². The molecule has 5 heteroatoms. The van der Waals surface area contributed by atoms with Crippen LogP contribution < -0.4 is 5.73 Å². The second kappa shape index (κ2) is 7.14. The van der Waals surface area contributed by atoms with Gasteiger partial charge in [-0.3, -0.25) is 9.69 Å². The minimum atomic E-state index is -0.195. The van der Waals surface area contributed by atoms with Crippen molar-refractivity contribution in [1.29, 1.82) is 0 Å². The quantitative estimate of drug-likeness (QED) is 0.761. The number of primary amides is 1. The van der Waals surface area contributed by atoms with Crippen molar-refractivity contribution in [3.63, 3.8) is 0 Å². The van der Waals surface area contributed by atoms with Crippen LogP contribution in [0.5, 0.6) is 0 Å². The maximum atomic E-state index is 11.2. The van der Waals surface area contributed by atoms with E-state index in [4.69, 9.17) is 10.5 Å². The highest BCUT2D eigenvalue weighted by Crippen LogP contribution is 2.26. The maximum absolute atomic E-state index is 11.2. The Hall–Kier alpha value is -0.260. The number of nitrogens with two attached hydrogens (primary N) is 1. The largest absolute Gasteiger partial charge is 0.379 e. The van der Waals surface area contributed by atoms with E-state index >= 15 is 0 Å². The number of thioether (sulfide) groups is 1. The molecule has 0 bridgehead atoms. The summed E-state index contributed by atoms with van der Waals surface area (Å²) in [5.74, 6) is -0.195. The van der Waals surface area contributed by atoms with Gasteiger partial charge in [0.1, 0.15) is 0 Å². The molecule has 1 aliphatic rings. The summed E-state index contributed by atoms with van der Waals surface area (Å²) in [6.07, 6.45) is 1.84. The van der Waals surface area contributed by atoms with Crippen molar-refractivity contribution >= 4 is 17.7 Å². The molecule has 1 heterocycles. The summed E-state index contributed by atoms with van der Waals surface area (Å²) in [5.41, 5.74) is 5.38. The molecule has 0 saturated carbocycles. The Morgan fingerprint density at radius 1 is 1.38 bits per heavy atom. The van der Waals surface area contributed by atoms with Gasteiger partial charge in [-0.15, -0.1) is 11.8 Å². The highest BCUT2D eigenvalue weighted by molar-refractivity contribution is 8.01. The third-order valence-electron chi connectivity index (χ3n) is 2.81. The smallest absolute Gasteiger partial charge is 0.230 e. The number of rotatable bonds is 6. The summed E-state index contributed by atoms with van der Waals surface area (Å²) in [6, 6.07) is 0. The van der Waals surface area contributed by atoms with E-state index in [0.29, 0.717) is 5.37 Å². The zero-order chi connectivity index (χ0) is 12.0. The van der Waals surface area contributed by atoms with E-state index < -0.39 is 0 Å². The molecule has 0 aliphatic carbocycles. The first-order valence-corrected chi connectivity index (χ1v) is 6.89. The van der Waals surface area contributed by atoms with Crippen LogP contribution in [0.1, 0.15) is 26.7 Å². The number of carbonyl (C=O) groups excluding carboxylic acids is 1. The summed E-state index contributed by atoms with van der Waals surface area (Å²) in [7, 11) is 0. The van der Waals surface area contributed by atoms with Crippen LogP contribution in [-0.4, -0.2) is 47.7 Å². The molecule has 4 nitrogen and oxygen atoms in total. The number of carbonyl (C=O) groups is 1. The van der Waals surface area contributed by atoms with Crippen LogP contribution >= 0.6 is 11.8 Å². The summed E-state index contributed by atoms with van der Waals surface area (Å²) >= 11 is 1.70. The van der Waals surface area contributed by atoms with Crippen LogP contribution in [-0.2, 0) is 9.53 Å². The van der Waals surface area contributed by atoms with Gasteiger partial charge in [0, 0.05) is 13.1 Å². The van der Waals surface area contributed by atoms with Gasteiger partial charge in [-0.05, 0) is 12.8 Å². The lowest BCUT2D eigenvalue weighted by molar-refractivity contribution is -0.117. The molecule has 0 radical (unpaired) electrons. The van der Waals surface area contributed by atoms with Crippen LogP contribution in [0, 0.1) is 0 Å². The molecule has 0 aromatic heterocycles. The average Bonchev–Trinajstić information content (AvgIpc) is 2.31. The molecule has 1 fully saturated rings. The summed E-state index contributed by atoms with van der Waals surface area (Å²) in [5, 5.41) is 0.328. The molecule has 1 amide bonds.